The number of carbonyl (C=O) groups is 2. The molecule has 0 spiro atoms. The van der Waals surface area contributed by atoms with E-state index in [9.17, 15) is 14.7 Å². The maximum atomic E-state index is 12.1. The fraction of sp³-hybridized carbons (Fsp3) is 0.818. The van der Waals surface area contributed by atoms with Crippen molar-refractivity contribution in [1.29, 1.82) is 0 Å². The maximum Gasteiger partial charge on any atom is 0.240 e. The number of hydrogen-bond donors (Lipinski definition) is 3. The van der Waals surface area contributed by atoms with Crippen molar-refractivity contribution in [3.8, 4) is 0 Å². The molecule has 0 aromatic heterocycles. The number of aliphatic hydroxyl groups is 1. The lowest BCUT2D eigenvalue weighted by Crippen LogP contribution is -2.54. The van der Waals surface area contributed by atoms with Crippen LogP contribution in [0.2, 0.25) is 0 Å². The second-order valence-electron chi connectivity index (χ2n) is 5.64. The number of amides is 2. The lowest BCUT2D eigenvalue weighted by molar-refractivity contribution is -0.140. The van der Waals surface area contributed by atoms with E-state index in [1.807, 2.05) is 20.8 Å². The van der Waals surface area contributed by atoms with E-state index in [2.05, 4.69) is 0 Å². The third-order valence-electron chi connectivity index (χ3n) is 3.09. The number of likely N-dealkylation sites (tertiary alicyclic amines) is 1. The van der Waals surface area contributed by atoms with Gasteiger partial charge in [-0.05, 0) is 5.41 Å². The first-order chi connectivity index (χ1) is 7.64. The molecule has 0 radical (unpaired) electrons. The van der Waals surface area contributed by atoms with Crippen molar-refractivity contribution in [1.82, 2.24) is 4.90 Å². The van der Waals surface area contributed by atoms with Crippen LogP contribution in [0.3, 0.4) is 0 Å². The van der Waals surface area contributed by atoms with Gasteiger partial charge in [0.05, 0.1) is 12.1 Å². The molecular weight excluding hydrogens is 222 g/mol. The lowest BCUT2D eigenvalue weighted by Gasteiger charge is -2.31. The third kappa shape index (κ3) is 2.95. The molecule has 1 saturated heterocycles. The zero-order valence-electron chi connectivity index (χ0n) is 10.5. The van der Waals surface area contributed by atoms with Crippen LogP contribution in [0.1, 0.15) is 27.2 Å². The fourth-order valence-electron chi connectivity index (χ4n) is 1.88. The summed E-state index contributed by atoms with van der Waals surface area (Å²) in [6.45, 7) is 5.67. The van der Waals surface area contributed by atoms with Gasteiger partial charge >= 0.3 is 0 Å². The fourth-order valence-corrected chi connectivity index (χ4v) is 1.88. The van der Waals surface area contributed by atoms with E-state index in [4.69, 9.17) is 11.5 Å². The largest absolute Gasteiger partial charge is 0.391 e. The zero-order valence-corrected chi connectivity index (χ0v) is 10.5. The van der Waals surface area contributed by atoms with Gasteiger partial charge in [-0.2, -0.15) is 0 Å². The molecule has 6 heteroatoms. The first-order valence-corrected chi connectivity index (χ1v) is 5.68. The van der Waals surface area contributed by atoms with Crippen molar-refractivity contribution in [3.63, 3.8) is 0 Å². The summed E-state index contributed by atoms with van der Waals surface area (Å²) in [4.78, 5) is 24.6. The normalized spacial score (nSPS) is 27.0. The lowest BCUT2D eigenvalue weighted by atomic mass is 9.86. The predicted molar refractivity (Wildman–Crippen MR) is 62.7 cm³/mol. The summed E-state index contributed by atoms with van der Waals surface area (Å²) < 4.78 is 0. The molecule has 6 nitrogen and oxygen atoms in total. The molecule has 5 N–H and O–H groups in total. The first-order valence-electron chi connectivity index (χ1n) is 5.68. The summed E-state index contributed by atoms with van der Waals surface area (Å²) in [5.74, 6) is -0.936. The topological polar surface area (TPSA) is 110 Å². The van der Waals surface area contributed by atoms with Gasteiger partial charge in [-0.3, -0.25) is 9.59 Å². The van der Waals surface area contributed by atoms with Crippen LogP contribution in [0, 0.1) is 5.41 Å². The number of carbonyl (C=O) groups excluding carboxylic acids is 2. The molecule has 17 heavy (non-hydrogen) atoms. The quantitative estimate of drug-likeness (QED) is 0.566. The minimum absolute atomic E-state index is 0.121. The highest BCUT2D eigenvalue weighted by molar-refractivity contribution is 5.90. The van der Waals surface area contributed by atoms with E-state index in [0.29, 0.717) is 0 Å². The van der Waals surface area contributed by atoms with Gasteiger partial charge in [0, 0.05) is 13.0 Å². The van der Waals surface area contributed by atoms with Gasteiger partial charge < -0.3 is 21.5 Å². The monoisotopic (exact) mass is 243 g/mol. The summed E-state index contributed by atoms with van der Waals surface area (Å²) >= 11 is 0. The summed E-state index contributed by atoms with van der Waals surface area (Å²) in [6, 6.07) is -1.46. The van der Waals surface area contributed by atoms with Crippen LogP contribution < -0.4 is 11.5 Å². The van der Waals surface area contributed by atoms with Crippen LogP contribution in [0.25, 0.3) is 0 Å². The highest BCUT2D eigenvalue weighted by Gasteiger charge is 2.41. The van der Waals surface area contributed by atoms with Crippen LogP contribution in [-0.4, -0.2) is 46.6 Å². The summed E-state index contributed by atoms with van der Waals surface area (Å²) in [6.07, 6.45) is -0.513. The van der Waals surface area contributed by atoms with Gasteiger partial charge in [-0.15, -0.1) is 0 Å². The predicted octanol–water partition coefficient (Wildman–Crippen LogP) is -1.19. The summed E-state index contributed by atoms with van der Waals surface area (Å²) in [7, 11) is 0. The molecule has 0 saturated carbocycles. The van der Waals surface area contributed by atoms with Crippen molar-refractivity contribution in [3.05, 3.63) is 0 Å². The number of rotatable bonds is 2. The number of nitrogens with zero attached hydrogens (tertiary/aromatic N) is 1. The molecule has 1 rings (SSSR count). The van der Waals surface area contributed by atoms with Crippen LogP contribution in [0.4, 0.5) is 0 Å². The molecule has 1 unspecified atom stereocenters. The Morgan fingerprint density at radius 3 is 2.35 bits per heavy atom. The Labute approximate surface area is 101 Å². The molecule has 1 heterocycles. The van der Waals surface area contributed by atoms with Gasteiger partial charge in [0.2, 0.25) is 11.8 Å². The smallest absolute Gasteiger partial charge is 0.240 e. The van der Waals surface area contributed by atoms with Gasteiger partial charge in [0.25, 0.3) is 0 Å². The third-order valence-corrected chi connectivity index (χ3v) is 3.09. The average Bonchev–Trinajstić information content (AvgIpc) is 2.56. The maximum absolute atomic E-state index is 12.1. The first kappa shape index (κ1) is 13.9. The molecule has 0 aromatic carbocycles. The van der Waals surface area contributed by atoms with E-state index in [1.165, 1.54) is 4.90 Å². The average molecular weight is 243 g/mol. The van der Waals surface area contributed by atoms with Crippen molar-refractivity contribution >= 4 is 11.8 Å². The Kier molecular flexibility index (Phi) is 3.78. The number of nitrogens with two attached hydrogens (primary N) is 2. The molecule has 1 fully saturated rings. The van der Waals surface area contributed by atoms with Crippen LogP contribution in [0.5, 0.6) is 0 Å². The van der Waals surface area contributed by atoms with E-state index >= 15 is 0 Å². The van der Waals surface area contributed by atoms with Crippen molar-refractivity contribution < 1.29 is 14.7 Å². The van der Waals surface area contributed by atoms with Gasteiger partial charge in [-0.25, -0.2) is 0 Å². The molecule has 2 amide bonds. The van der Waals surface area contributed by atoms with Crippen molar-refractivity contribution in [2.24, 2.45) is 16.9 Å². The van der Waals surface area contributed by atoms with Crippen molar-refractivity contribution in [2.45, 2.75) is 45.4 Å². The molecule has 0 aromatic rings. The summed E-state index contributed by atoms with van der Waals surface area (Å²) in [5, 5.41) is 9.51. The van der Waals surface area contributed by atoms with E-state index in [-0.39, 0.29) is 18.9 Å². The Bertz CT molecular complexity index is 324. The zero-order chi connectivity index (χ0) is 13.4. The molecule has 0 bridgehead atoms. The van der Waals surface area contributed by atoms with E-state index in [0.717, 1.165) is 0 Å². The highest BCUT2D eigenvalue weighted by Crippen LogP contribution is 2.24. The number of primary amides is 1. The Morgan fingerprint density at radius 1 is 1.41 bits per heavy atom. The SMILES string of the molecule is CC(C)(C)[C@H](N)C(=O)N1C[C@@H](O)CC1C(N)=O. The Morgan fingerprint density at radius 2 is 1.94 bits per heavy atom. The van der Waals surface area contributed by atoms with E-state index < -0.39 is 29.5 Å². The Hall–Kier alpha value is -1.14. The highest BCUT2D eigenvalue weighted by atomic mass is 16.3. The van der Waals surface area contributed by atoms with Crippen LogP contribution in [0.15, 0.2) is 0 Å². The van der Waals surface area contributed by atoms with Gasteiger partial charge in [0.15, 0.2) is 0 Å². The molecule has 98 valence electrons. The molecule has 1 aliphatic rings. The molecule has 0 aliphatic carbocycles. The minimum atomic E-state index is -0.745. The Balaban J connectivity index is 2.84. The molecule has 1 aliphatic heterocycles. The number of aliphatic hydroxyl groups excluding tert-OH is 1. The van der Waals surface area contributed by atoms with Gasteiger partial charge in [0.1, 0.15) is 6.04 Å². The van der Waals surface area contributed by atoms with Gasteiger partial charge in [-0.1, -0.05) is 20.8 Å². The minimum Gasteiger partial charge on any atom is -0.391 e. The van der Waals surface area contributed by atoms with Crippen LogP contribution in [-0.2, 0) is 9.59 Å². The van der Waals surface area contributed by atoms with Crippen LogP contribution >= 0.6 is 0 Å². The standard InChI is InChI=1S/C11H21N3O3/c1-11(2,3)8(12)10(17)14-5-6(15)4-7(14)9(13)16/h6-8,15H,4-5,12H2,1-3H3,(H2,13,16)/t6-,7?,8+/m0/s1. The molecular formula is C11H21N3O3. The van der Waals surface area contributed by atoms with Crippen molar-refractivity contribution in [2.75, 3.05) is 6.54 Å². The number of hydrogen-bond acceptors (Lipinski definition) is 4. The second-order valence-corrected chi connectivity index (χ2v) is 5.64. The molecule has 3 atom stereocenters. The van der Waals surface area contributed by atoms with E-state index in [1.54, 1.807) is 0 Å². The second kappa shape index (κ2) is 4.62. The number of β-amino-alcohol motifs (C(OH)–C–C–N with tert-alkyl or cyclic N) is 1. The summed E-state index contributed by atoms with van der Waals surface area (Å²) in [5.41, 5.74) is 10.7.